The van der Waals surface area contributed by atoms with E-state index in [2.05, 4.69) is 45.4 Å². The van der Waals surface area contributed by atoms with Gasteiger partial charge in [-0.25, -0.2) is 0 Å². The van der Waals surface area contributed by atoms with E-state index in [-0.39, 0.29) is 11.7 Å². The van der Waals surface area contributed by atoms with Gasteiger partial charge in [-0.05, 0) is 68.0 Å². The summed E-state index contributed by atoms with van der Waals surface area (Å²) in [7, 11) is 0. The van der Waals surface area contributed by atoms with E-state index in [0.717, 1.165) is 68.8 Å². The van der Waals surface area contributed by atoms with E-state index in [1.165, 1.54) is 11.1 Å². The Balaban J connectivity index is 1.08. The summed E-state index contributed by atoms with van der Waals surface area (Å²) in [6.07, 6.45) is 15.3. The van der Waals surface area contributed by atoms with Gasteiger partial charge in [-0.3, -0.25) is 9.59 Å². The molecule has 6 heteroatoms. The highest BCUT2D eigenvalue weighted by Crippen LogP contribution is 2.30. The van der Waals surface area contributed by atoms with Crippen LogP contribution in [0.15, 0.2) is 103 Å². The molecule has 2 aliphatic heterocycles. The van der Waals surface area contributed by atoms with E-state index in [4.69, 9.17) is 4.74 Å². The topological polar surface area (TPSA) is 61.9 Å². The Hall–Kier alpha value is -3.90. The van der Waals surface area contributed by atoms with Crippen LogP contribution in [-0.4, -0.2) is 54.2 Å². The minimum absolute atomic E-state index is 0.0352. The van der Waals surface area contributed by atoms with Gasteiger partial charge >= 0.3 is 0 Å². The lowest BCUT2D eigenvalue weighted by molar-refractivity contribution is -0.114. The summed E-state index contributed by atoms with van der Waals surface area (Å²) in [5.74, 6) is 1.27. The van der Waals surface area contributed by atoms with Crippen molar-refractivity contribution in [2.45, 2.75) is 38.0 Å². The van der Waals surface area contributed by atoms with Gasteiger partial charge in [0.15, 0.2) is 5.78 Å². The Morgan fingerprint density at radius 1 is 1.00 bits per heavy atom. The van der Waals surface area contributed by atoms with Crippen molar-refractivity contribution in [3.63, 3.8) is 0 Å². The SMILES string of the molecule is O=C1C=CC=C(C2=CN(CCN3CCC(c4ccccc4C(=O)NCCCc4ccccc4)CC3)C=CO2)C1. The van der Waals surface area contributed by atoms with Crippen LogP contribution in [0.3, 0.4) is 0 Å². The van der Waals surface area contributed by atoms with Crippen molar-refractivity contribution < 1.29 is 14.3 Å². The number of ether oxygens (including phenoxy) is 1. The first kappa shape index (κ1) is 26.7. The molecule has 0 spiro atoms. The summed E-state index contributed by atoms with van der Waals surface area (Å²) >= 11 is 0. The molecule has 0 atom stereocenters. The number of hydrogen-bond donors (Lipinski definition) is 1. The highest BCUT2D eigenvalue weighted by Gasteiger charge is 2.24. The molecule has 1 aliphatic carbocycles. The third kappa shape index (κ3) is 7.36. The van der Waals surface area contributed by atoms with E-state index in [9.17, 15) is 9.59 Å². The van der Waals surface area contributed by atoms with Crippen LogP contribution in [0.4, 0.5) is 0 Å². The minimum atomic E-state index is 0.0352. The van der Waals surface area contributed by atoms with Crippen molar-refractivity contribution >= 4 is 11.7 Å². The van der Waals surface area contributed by atoms with Gasteiger partial charge in [0, 0.05) is 49.6 Å². The molecule has 0 unspecified atom stereocenters. The number of allylic oxidation sites excluding steroid dienone is 4. The average Bonchev–Trinajstić information content (AvgIpc) is 2.99. The Bertz CT molecular complexity index is 1270. The third-order valence-electron chi connectivity index (χ3n) is 7.67. The summed E-state index contributed by atoms with van der Waals surface area (Å²) in [5, 5.41) is 3.14. The summed E-state index contributed by atoms with van der Waals surface area (Å²) in [4.78, 5) is 29.4. The zero-order chi connectivity index (χ0) is 26.9. The van der Waals surface area contributed by atoms with Crippen LogP contribution < -0.4 is 5.32 Å². The molecule has 2 aromatic rings. The summed E-state index contributed by atoms with van der Waals surface area (Å²) in [6.45, 7) is 4.49. The molecular weight excluding hydrogens is 486 g/mol. The van der Waals surface area contributed by atoms with Crippen molar-refractivity contribution in [2.75, 3.05) is 32.7 Å². The van der Waals surface area contributed by atoms with Gasteiger partial charge in [0.05, 0.1) is 0 Å². The van der Waals surface area contributed by atoms with Gasteiger partial charge in [0.2, 0.25) is 0 Å². The van der Waals surface area contributed by atoms with Crippen LogP contribution in [0.2, 0.25) is 0 Å². The molecule has 3 aliphatic rings. The smallest absolute Gasteiger partial charge is 0.251 e. The number of rotatable bonds is 10. The Morgan fingerprint density at radius 2 is 1.79 bits per heavy atom. The fraction of sp³-hybridized carbons (Fsp3) is 0.333. The first-order chi connectivity index (χ1) is 19.2. The predicted molar refractivity (Wildman–Crippen MR) is 154 cm³/mol. The number of piperidine rings is 1. The number of nitrogens with zero attached hydrogens (tertiary/aromatic N) is 2. The fourth-order valence-electron chi connectivity index (χ4n) is 5.47. The molecule has 6 nitrogen and oxygen atoms in total. The lowest BCUT2D eigenvalue weighted by atomic mass is 9.86. The number of aryl methyl sites for hydroxylation is 1. The van der Waals surface area contributed by atoms with Crippen molar-refractivity contribution in [1.29, 1.82) is 0 Å². The van der Waals surface area contributed by atoms with Crippen LogP contribution in [0.5, 0.6) is 0 Å². The molecule has 1 amide bonds. The van der Waals surface area contributed by atoms with Crippen LogP contribution in [-0.2, 0) is 16.0 Å². The van der Waals surface area contributed by atoms with E-state index in [1.807, 2.05) is 42.7 Å². The standard InChI is InChI=1S/C33H37N3O3/c37-29-12-6-11-28(24-29)32-25-36(22-23-39-32)21-20-35-18-15-27(16-19-35)30-13-4-5-14-31(30)33(38)34-17-7-10-26-8-2-1-3-9-26/h1-6,8-9,11-14,22-23,25,27H,7,10,15-21,24H2,(H,34,38). The zero-order valence-electron chi connectivity index (χ0n) is 22.4. The molecule has 1 saturated heterocycles. The normalized spacial score (nSPS) is 17.9. The predicted octanol–water partition coefficient (Wildman–Crippen LogP) is 5.33. The molecular formula is C33H37N3O3. The van der Waals surface area contributed by atoms with Gasteiger partial charge in [-0.15, -0.1) is 0 Å². The molecule has 202 valence electrons. The molecule has 0 bridgehead atoms. The Morgan fingerprint density at radius 3 is 2.62 bits per heavy atom. The molecule has 0 saturated carbocycles. The maximum Gasteiger partial charge on any atom is 0.251 e. The number of benzene rings is 2. The number of carbonyl (C=O) groups is 2. The summed E-state index contributed by atoms with van der Waals surface area (Å²) < 4.78 is 5.67. The zero-order valence-corrected chi connectivity index (χ0v) is 22.4. The van der Waals surface area contributed by atoms with Crippen molar-refractivity contribution in [3.05, 3.63) is 120 Å². The number of likely N-dealkylation sites (tertiary alicyclic amines) is 1. The van der Waals surface area contributed by atoms with E-state index in [0.29, 0.717) is 18.9 Å². The average molecular weight is 524 g/mol. The van der Waals surface area contributed by atoms with Crippen LogP contribution in [0.25, 0.3) is 0 Å². The van der Waals surface area contributed by atoms with Crippen LogP contribution in [0.1, 0.15) is 53.1 Å². The van der Waals surface area contributed by atoms with Gasteiger partial charge < -0.3 is 19.9 Å². The van der Waals surface area contributed by atoms with E-state index < -0.39 is 0 Å². The number of carbonyl (C=O) groups excluding carboxylic acids is 2. The maximum absolute atomic E-state index is 13.0. The molecule has 5 rings (SSSR count). The summed E-state index contributed by atoms with van der Waals surface area (Å²) in [6, 6.07) is 18.5. The lowest BCUT2D eigenvalue weighted by Gasteiger charge is -2.34. The monoisotopic (exact) mass is 523 g/mol. The summed E-state index contributed by atoms with van der Waals surface area (Å²) in [5.41, 5.74) is 4.20. The fourth-order valence-corrected chi connectivity index (χ4v) is 5.47. The molecule has 0 aromatic heterocycles. The van der Waals surface area contributed by atoms with E-state index in [1.54, 1.807) is 18.4 Å². The number of amides is 1. The Kier molecular flexibility index (Phi) is 9.07. The van der Waals surface area contributed by atoms with Crippen LogP contribution in [0, 0.1) is 0 Å². The second-order valence-electron chi connectivity index (χ2n) is 10.4. The first-order valence-electron chi connectivity index (χ1n) is 14.0. The van der Waals surface area contributed by atoms with Crippen LogP contribution >= 0.6 is 0 Å². The van der Waals surface area contributed by atoms with Crippen molar-refractivity contribution in [1.82, 2.24) is 15.1 Å². The second kappa shape index (κ2) is 13.3. The molecule has 39 heavy (non-hydrogen) atoms. The first-order valence-corrected chi connectivity index (χ1v) is 14.0. The van der Waals surface area contributed by atoms with Crippen molar-refractivity contribution in [3.8, 4) is 0 Å². The highest BCUT2D eigenvalue weighted by molar-refractivity contribution is 5.96. The second-order valence-corrected chi connectivity index (χ2v) is 10.4. The van der Waals surface area contributed by atoms with Gasteiger partial charge in [-0.2, -0.15) is 0 Å². The molecule has 0 radical (unpaired) electrons. The van der Waals surface area contributed by atoms with Gasteiger partial charge in [0.25, 0.3) is 5.91 Å². The molecule has 2 aromatic carbocycles. The Labute approximate surface area is 231 Å². The maximum atomic E-state index is 13.0. The largest absolute Gasteiger partial charge is 0.462 e. The highest BCUT2D eigenvalue weighted by atomic mass is 16.5. The van der Waals surface area contributed by atoms with Gasteiger partial charge in [-0.1, -0.05) is 60.7 Å². The molecule has 1 N–H and O–H groups in total. The minimum Gasteiger partial charge on any atom is -0.462 e. The van der Waals surface area contributed by atoms with Crippen molar-refractivity contribution in [2.24, 2.45) is 0 Å². The quantitative estimate of drug-likeness (QED) is 0.427. The number of ketones is 1. The molecule has 1 fully saturated rings. The number of hydrogen-bond acceptors (Lipinski definition) is 5. The number of nitrogens with one attached hydrogen (secondary N) is 1. The molecule has 2 heterocycles. The van der Waals surface area contributed by atoms with Gasteiger partial charge in [0.1, 0.15) is 12.0 Å². The van der Waals surface area contributed by atoms with E-state index >= 15 is 0 Å². The lowest BCUT2D eigenvalue weighted by Crippen LogP contribution is -2.38. The third-order valence-corrected chi connectivity index (χ3v) is 7.67.